The van der Waals surface area contributed by atoms with Crippen molar-refractivity contribution in [3.63, 3.8) is 0 Å². The van der Waals surface area contributed by atoms with E-state index < -0.39 is 0 Å². The minimum atomic E-state index is -0.00546. The molecule has 1 saturated carbocycles. The number of hydrogen-bond acceptors (Lipinski definition) is 5. The van der Waals surface area contributed by atoms with Gasteiger partial charge in [-0.2, -0.15) is 10.1 Å². The van der Waals surface area contributed by atoms with Crippen molar-refractivity contribution in [1.29, 1.82) is 0 Å². The van der Waals surface area contributed by atoms with Gasteiger partial charge >= 0.3 is 0 Å². The van der Waals surface area contributed by atoms with Crippen LogP contribution in [0.3, 0.4) is 0 Å². The van der Waals surface area contributed by atoms with Gasteiger partial charge < -0.3 is 14.8 Å². The predicted molar refractivity (Wildman–Crippen MR) is 112 cm³/mol. The molecule has 1 aliphatic rings. The third-order valence-electron chi connectivity index (χ3n) is 5.59. The number of nitrogens with zero attached hydrogens (tertiary/aromatic N) is 5. The van der Waals surface area contributed by atoms with Crippen molar-refractivity contribution in [3.05, 3.63) is 42.4 Å². The summed E-state index contributed by atoms with van der Waals surface area (Å²) in [7, 11) is 3.56. The Morgan fingerprint density at radius 2 is 2.00 bits per heavy atom. The van der Waals surface area contributed by atoms with Gasteiger partial charge in [0.25, 0.3) is 5.91 Å². The zero-order valence-corrected chi connectivity index (χ0v) is 16.5. The summed E-state index contributed by atoms with van der Waals surface area (Å²) in [6.45, 7) is 0. The average Bonchev–Trinajstić information content (AvgIpc) is 3.45. The summed E-state index contributed by atoms with van der Waals surface area (Å²) in [6.07, 6.45) is 8.08. The lowest BCUT2D eigenvalue weighted by Crippen LogP contribution is -2.25. The number of nitrogens with one attached hydrogen (secondary N) is 2. The molecule has 0 aliphatic heterocycles. The van der Waals surface area contributed by atoms with Crippen LogP contribution in [0.4, 0.5) is 11.6 Å². The molecule has 8 heteroatoms. The summed E-state index contributed by atoms with van der Waals surface area (Å²) in [4.78, 5) is 23.7. The fourth-order valence-electron chi connectivity index (χ4n) is 4.14. The number of aromatic nitrogens is 5. The van der Waals surface area contributed by atoms with E-state index in [4.69, 9.17) is 4.98 Å². The Morgan fingerprint density at radius 3 is 2.79 bits per heavy atom. The topological polar surface area (TPSA) is 91.7 Å². The third kappa shape index (κ3) is 3.10. The summed E-state index contributed by atoms with van der Waals surface area (Å²) in [5.41, 5.74) is 3.32. The van der Waals surface area contributed by atoms with Crippen LogP contribution in [0.25, 0.3) is 21.9 Å². The zero-order valence-electron chi connectivity index (χ0n) is 16.5. The van der Waals surface area contributed by atoms with Gasteiger partial charge in [0.1, 0.15) is 11.3 Å². The van der Waals surface area contributed by atoms with Crippen LogP contribution in [0.2, 0.25) is 0 Å². The third-order valence-corrected chi connectivity index (χ3v) is 5.59. The maximum absolute atomic E-state index is 12.8. The molecular weight excluding hydrogens is 366 g/mol. The van der Waals surface area contributed by atoms with Gasteiger partial charge in [0.15, 0.2) is 0 Å². The molecule has 1 aliphatic carbocycles. The summed E-state index contributed by atoms with van der Waals surface area (Å²) in [6, 6.07) is 8.16. The smallest absolute Gasteiger partial charge is 0.270 e. The van der Waals surface area contributed by atoms with Crippen molar-refractivity contribution >= 4 is 39.5 Å². The molecule has 0 bridgehead atoms. The number of H-pyrrole nitrogens is 1. The first-order chi connectivity index (χ1) is 14.1. The van der Waals surface area contributed by atoms with E-state index in [2.05, 4.69) is 25.1 Å². The molecule has 0 unspecified atom stereocenters. The van der Waals surface area contributed by atoms with Crippen molar-refractivity contribution in [2.45, 2.75) is 31.7 Å². The van der Waals surface area contributed by atoms with E-state index >= 15 is 0 Å². The number of amides is 1. The molecule has 0 radical (unpaired) electrons. The summed E-state index contributed by atoms with van der Waals surface area (Å²) < 4.78 is 2.12. The highest BCUT2D eigenvalue weighted by molar-refractivity contribution is 5.98. The monoisotopic (exact) mass is 389 g/mol. The summed E-state index contributed by atoms with van der Waals surface area (Å²) >= 11 is 0. The highest BCUT2D eigenvalue weighted by Gasteiger charge is 2.26. The molecule has 5 rings (SSSR count). The molecule has 0 atom stereocenters. The van der Waals surface area contributed by atoms with Gasteiger partial charge in [-0.25, -0.2) is 4.98 Å². The number of fused-ring (bicyclic) bond motifs is 2. The molecule has 29 heavy (non-hydrogen) atoms. The van der Waals surface area contributed by atoms with E-state index in [0.717, 1.165) is 40.5 Å². The van der Waals surface area contributed by atoms with Crippen LogP contribution < -0.4 is 5.32 Å². The predicted octanol–water partition coefficient (Wildman–Crippen LogP) is 3.87. The zero-order chi connectivity index (χ0) is 20.0. The van der Waals surface area contributed by atoms with Gasteiger partial charge in [0.2, 0.25) is 5.95 Å². The lowest BCUT2D eigenvalue weighted by molar-refractivity contribution is 0.0815. The number of benzene rings is 1. The molecule has 1 fully saturated rings. The van der Waals surface area contributed by atoms with E-state index in [1.54, 1.807) is 31.4 Å². The second kappa shape index (κ2) is 6.88. The van der Waals surface area contributed by atoms with E-state index in [9.17, 15) is 4.79 Å². The van der Waals surface area contributed by atoms with Crippen molar-refractivity contribution in [2.24, 2.45) is 0 Å². The van der Waals surface area contributed by atoms with Gasteiger partial charge in [0, 0.05) is 42.8 Å². The first-order valence-corrected chi connectivity index (χ1v) is 9.90. The van der Waals surface area contributed by atoms with E-state index in [0.29, 0.717) is 17.7 Å². The Morgan fingerprint density at radius 1 is 1.17 bits per heavy atom. The van der Waals surface area contributed by atoms with Crippen LogP contribution in [-0.4, -0.2) is 49.6 Å². The Bertz CT molecular complexity index is 1200. The number of hydrogen-bond donors (Lipinski definition) is 2. The van der Waals surface area contributed by atoms with Crippen LogP contribution in [0.5, 0.6) is 0 Å². The van der Waals surface area contributed by atoms with Crippen LogP contribution in [0.15, 0.2) is 36.7 Å². The number of carbonyl (C=O) groups is 1. The molecule has 2 N–H and O–H groups in total. The molecule has 0 saturated heterocycles. The van der Waals surface area contributed by atoms with Gasteiger partial charge in [0.05, 0.1) is 11.7 Å². The minimum absolute atomic E-state index is 0.00546. The summed E-state index contributed by atoms with van der Waals surface area (Å²) in [5.74, 6) is 0.506. The van der Waals surface area contributed by atoms with Gasteiger partial charge in [-0.15, -0.1) is 0 Å². The maximum atomic E-state index is 12.8. The normalized spacial score (nSPS) is 14.7. The van der Waals surface area contributed by atoms with Gasteiger partial charge in [-0.05, 0) is 37.1 Å². The first-order valence-electron chi connectivity index (χ1n) is 9.90. The van der Waals surface area contributed by atoms with Crippen molar-refractivity contribution in [1.82, 2.24) is 29.6 Å². The molecule has 3 heterocycles. The Kier molecular flexibility index (Phi) is 4.19. The molecule has 3 aromatic heterocycles. The largest absolute Gasteiger partial charge is 0.343 e. The number of aromatic amines is 1. The van der Waals surface area contributed by atoms with Crippen LogP contribution in [0, 0.1) is 0 Å². The number of carbonyl (C=O) groups excluding carboxylic acids is 1. The van der Waals surface area contributed by atoms with Crippen LogP contribution in [0.1, 0.15) is 42.2 Å². The molecule has 1 aromatic carbocycles. The van der Waals surface area contributed by atoms with Crippen LogP contribution in [-0.2, 0) is 0 Å². The Labute approximate surface area is 167 Å². The molecule has 1 amide bonds. The summed E-state index contributed by atoms with van der Waals surface area (Å²) in [5, 5.41) is 12.2. The van der Waals surface area contributed by atoms with Crippen molar-refractivity contribution in [3.8, 4) is 0 Å². The van der Waals surface area contributed by atoms with Gasteiger partial charge in [-0.3, -0.25) is 9.89 Å². The minimum Gasteiger partial charge on any atom is -0.343 e. The fourth-order valence-corrected chi connectivity index (χ4v) is 4.14. The second-order valence-corrected chi connectivity index (χ2v) is 7.81. The van der Waals surface area contributed by atoms with Crippen LogP contribution >= 0.6 is 0 Å². The second-order valence-electron chi connectivity index (χ2n) is 7.81. The number of rotatable bonds is 4. The molecule has 148 valence electrons. The lowest BCUT2D eigenvalue weighted by atomic mass is 10.2. The Balaban J connectivity index is 1.57. The Hall–Kier alpha value is -3.42. The lowest BCUT2D eigenvalue weighted by Gasteiger charge is -2.19. The highest BCUT2D eigenvalue weighted by Crippen LogP contribution is 2.35. The van der Waals surface area contributed by atoms with E-state index in [-0.39, 0.29) is 5.91 Å². The molecule has 4 aromatic rings. The number of anilines is 2. The van der Waals surface area contributed by atoms with E-state index in [1.165, 1.54) is 12.8 Å². The maximum Gasteiger partial charge on any atom is 0.270 e. The molecule has 8 nitrogen and oxygen atoms in total. The quantitative estimate of drug-likeness (QED) is 0.553. The SMILES string of the molecule is CN(C)C(=O)c1cc2cnc(Nc3ccc4cn[nH]c4c3)nc2n1C1CCCC1. The average molecular weight is 389 g/mol. The first kappa shape index (κ1) is 17.7. The van der Waals surface area contributed by atoms with E-state index in [1.807, 2.05) is 24.3 Å². The van der Waals surface area contributed by atoms with Gasteiger partial charge in [-0.1, -0.05) is 12.8 Å². The molecule has 0 spiro atoms. The standard InChI is InChI=1S/C21H23N7O/c1-27(2)20(29)18-9-14-11-22-21(25-19(14)28(18)16-5-3-4-6-16)24-15-8-7-13-12-23-26-17(13)10-15/h7-12,16H,3-6H2,1-2H3,(H,23,26)(H,22,24,25). The van der Waals surface area contributed by atoms with Crippen molar-refractivity contribution < 1.29 is 4.79 Å². The fraction of sp³-hybridized carbons (Fsp3) is 0.333. The van der Waals surface area contributed by atoms with Crippen molar-refractivity contribution in [2.75, 3.05) is 19.4 Å². The highest BCUT2D eigenvalue weighted by atomic mass is 16.2. The molecular formula is C21H23N7O.